The first-order valence-corrected chi connectivity index (χ1v) is 12.7. The van der Waals surface area contributed by atoms with E-state index in [0.717, 1.165) is 15.6 Å². The number of methoxy groups -OCH3 is 1. The molecule has 0 heterocycles. The van der Waals surface area contributed by atoms with Crippen molar-refractivity contribution >= 4 is 31.9 Å². The van der Waals surface area contributed by atoms with Gasteiger partial charge < -0.3 is 10.1 Å². The van der Waals surface area contributed by atoms with Gasteiger partial charge in [0, 0.05) is 11.0 Å². The molecule has 0 aliphatic heterocycles. The third kappa shape index (κ3) is 6.43. The van der Waals surface area contributed by atoms with E-state index in [1.54, 1.807) is 19.1 Å². The van der Waals surface area contributed by atoms with Gasteiger partial charge in [0.1, 0.15) is 5.75 Å². The fraction of sp³-hybridized carbons (Fsp3) is 0.240. The number of benzene rings is 3. The summed E-state index contributed by atoms with van der Waals surface area (Å²) in [4.78, 5) is 13.0. The lowest BCUT2D eigenvalue weighted by Gasteiger charge is -2.24. The highest BCUT2D eigenvalue weighted by Gasteiger charge is 2.28. The summed E-state index contributed by atoms with van der Waals surface area (Å²) in [6.45, 7) is 3.42. The molecular formula is C25H27BrN2O4S. The Bertz CT molecular complexity index is 1220. The number of hydrogen-bond donors (Lipinski definition) is 1. The first kappa shape index (κ1) is 25.0. The average molecular weight is 531 g/mol. The summed E-state index contributed by atoms with van der Waals surface area (Å²) in [5.74, 6) is 0.219. The highest BCUT2D eigenvalue weighted by molar-refractivity contribution is 9.10. The maximum atomic E-state index is 13.5. The van der Waals surface area contributed by atoms with Crippen molar-refractivity contribution < 1.29 is 17.9 Å². The van der Waals surface area contributed by atoms with Crippen molar-refractivity contribution in [2.24, 2.45) is 0 Å². The van der Waals surface area contributed by atoms with Crippen LogP contribution in [0.3, 0.4) is 0 Å². The topological polar surface area (TPSA) is 75.7 Å². The molecule has 0 spiro atoms. The van der Waals surface area contributed by atoms with Gasteiger partial charge in [-0.25, -0.2) is 8.42 Å². The van der Waals surface area contributed by atoms with E-state index in [4.69, 9.17) is 4.74 Å². The van der Waals surface area contributed by atoms with E-state index in [-0.39, 0.29) is 29.9 Å². The van der Waals surface area contributed by atoms with E-state index >= 15 is 0 Å². The molecule has 0 bridgehead atoms. The van der Waals surface area contributed by atoms with Crippen LogP contribution in [-0.4, -0.2) is 32.3 Å². The van der Waals surface area contributed by atoms with Crippen LogP contribution in [0.5, 0.6) is 5.75 Å². The summed E-state index contributed by atoms with van der Waals surface area (Å²) in [6.07, 6.45) is 0. The number of nitrogens with one attached hydrogen (secondary N) is 1. The van der Waals surface area contributed by atoms with Crippen LogP contribution in [0, 0.1) is 6.92 Å². The monoisotopic (exact) mass is 530 g/mol. The smallest absolute Gasteiger partial charge is 0.243 e. The Morgan fingerprint density at radius 3 is 2.42 bits per heavy atom. The first-order chi connectivity index (χ1) is 15.7. The quantitative estimate of drug-likeness (QED) is 0.429. The lowest BCUT2D eigenvalue weighted by Crippen LogP contribution is -2.41. The van der Waals surface area contributed by atoms with Crippen molar-refractivity contribution in [2.75, 3.05) is 13.7 Å². The second-order valence-electron chi connectivity index (χ2n) is 7.73. The predicted octanol–water partition coefficient (Wildman–Crippen LogP) is 4.83. The molecule has 6 nitrogen and oxygen atoms in total. The van der Waals surface area contributed by atoms with Gasteiger partial charge >= 0.3 is 0 Å². The molecule has 0 aliphatic rings. The molecular weight excluding hydrogens is 504 g/mol. The van der Waals surface area contributed by atoms with Crippen LogP contribution in [0.2, 0.25) is 0 Å². The average Bonchev–Trinajstić information content (AvgIpc) is 2.79. The number of carbonyl (C=O) groups excluding carboxylic acids is 1. The number of amides is 1. The Morgan fingerprint density at radius 1 is 1.06 bits per heavy atom. The van der Waals surface area contributed by atoms with E-state index in [9.17, 15) is 13.2 Å². The predicted molar refractivity (Wildman–Crippen MR) is 132 cm³/mol. The van der Waals surface area contributed by atoms with Gasteiger partial charge in [0.05, 0.1) is 24.6 Å². The Morgan fingerprint density at radius 2 is 1.79 bits per heavy atom. The standard InChI is InChI=1S/C25H27BrN2O4S/c1-18-14-23(12-13-24(18)32-3)33(30,31)28(16-20-8-5-4-6-9-20)17-25(29)27-19(2)21-10-7-11-22(26)15-21/h4-15,19H,16-17H2,1-3H3,(H,27,29). The van der Waals surface area contributed by atoms with Crippen molar-refractivity contribution in [1.29, 1.82) is 0 Å². The molecule has 1 unspecified atom stereocenters. The molecule has 1 N–H and O–H groups in total. The Kier molecular flexibility index (Phi) is 8.29. The van der Waals surface area contributed by atoms with E-state index in [2.05, 4.69) is 21.2 Å². The van der Waals surface area contributed by atoms with Crippen molar-refractivity contribution in [3.63, 3.8) is 0 Å². The van der Waals surface area contributed by atoms with Crippen molar-refractivity contribution in [1.82, 2.24) is 9.62 Å². The lowest BCUT2D eigenvalue weighted by atomic mass is 10.1. The Labute approximate surface area is 203 Å². The largest absolute Gasteiger partial charge is 0.496 e. The van der Waals surface area contributed by atoms with Gasteiger partial charge in [0.2, 0.25) is 15.9 Å². The van der Waals surface area contributed by atoms with Gasteiger partial charge in [-0.2, -0.15) is 4.31 Å². The number of carbonyl (C=O) groups is 1. The Balaban J connectivity index is 1.86. The van der Waals surface area contributed by atoms with Crippen LogP contribution in [0.25, 0.3) is 0 Å². The molecule has 0 saturated carbocycles. The van der Waals surface area contributed by atoms with E-state index in [1.165, 1.54) is 17.5 Å². The minimum Gasteiger partial charge on any atom is -0.496 e. The molecule has 1 amide bonds. The van der Waals surface area contributed by atoms with Gasteiger partial charge in [0.15, 0.2) is 0 Å². The lowest BCUT2D eigenvalue weighted by molar-refractivity contribution is -0.122. The third-order valence-electron chi connectivity index (χ3n) is 5.25. The van der Waals surface area contributed by atoms with Crippen LogP contribution in [-0.2, 0) is 21.4 Å². The summed E-state index contributed by atoms with van der Waals surface area (Å²) >= 11 is 3.43. The molecule has 0 aromatic heterocycles. The fourth-order valence-corrected chi connectivity index (χ4v) is 5.37. The molecule has 0 fully saturated rings. The molecule has 3 rings (SSSR count). The minimum absolute atomic E-state index is 0.0763. The maximum absolute atomic E-state index is 13.5. The van der Waals surface area contributed by atoms with Crippen molar-refractivity contribution in [2.45, 2.75) is 31.3 Å². The molecule has 0 aliphatic carbocycles. The Hall–Kier alpha value is -2.68. The second-order valence-corrected chi connectivity index (χ2v) is 10.6. The van der Waals surface area contributed by atoms with Crippen LogP contribution < -0.4 is 10.1 Å². The van der Waals surface area contributed by atoms with Gasteiger partial charge in [-0.15, -0.1) is 0 Å². The van der Waals surface area contributed by atoms with Crippen LogP contribution >= 0.6 is 15.9 Å². The number of sulfonamides is 1. The summed E-state index contributed by atoms with van der Waals surface area (Å²) in [7, 11) is -2.40. The van der Waals surface area contributed by atoms with Gasteiger partial charge in [-0.3, -0.25) is 4.79 Å². The SMILES string of the molecule is COc1ccc(S(=O)(=O)N(CC(=O)NC(C)c2cccc(Br)c2)Cc2ccccc2)cc1C. The van der Waals surface area contributed by atoms with E-state index in [1.807, 2.05) is 61.5 Å². The highest BCUT2D eigenvalue weighted by atomic mass is 79.9. The number of hydrogen-bond acceptors (Lipinski definition) is 4. The van der Waals surface area contributed by atoms with Crippen molar-refractivity contribution in [3.05, 3.63) is 94.0 Å². The molecule has 0 radical (unpaired) electrons. The van der Waals surface area contributed by atoms with E-state index < -0.39 is 10.0 Å². The molecule has 8 heteroatoms. The van der Waals surface area contributed by atoms with Gasteiger partial charge in [-0.05, 0) is 60.9 Å². The zero-order chi connectivity index (χ0) is 24.0. The fourth-order valence-electron chi connectivity index (χ4n) is 3.48. The summed E-state index contributed by atoms with van der Waals surface area (Å²) in [5, 5.41) is 2.91. The van der Waals surface area contributed by atoms with Crippen LogP contribution in [0.15, 0.2) is 82.2 Å². The molecule has 1 atom stereocenters. The summed E-state index contributed by atoms with van der Waals surface area (Å²) in [6, 6.07) is 21.3. The molecule has 33 heavy (non-hydrogen) atoms. The second kappa shape index (κ2) is 11.0. The van der Waals surface area contributed by atoms with E-state index in [0.29, 0.717) is 11.3 Å². The maximum Gasteiger partial charge on any atom is 0.243 e. The molecule has 3 aromatic rings. The number of rotatable bonds is 9. The number of aryl methyl sites for hydroxylation is 1. The molecule has 0 saturated heterocycles. The highest BCUT2D eigenvalue weighted by Crippen LogP contribution is 2.25. The minimum atomic E-state index is -3.94. The number of nitrogens with zero attached hydrogens (tertiary/aromatic N) is 1. The normalized spacial score (nSPS) is 12.4. The summed E-state index contributed by atoms with van der Waals surface area (Å²) in [5.41, 5.74) is 2.41. The number of halogens is 1. The zero-order valence-corrected chi connectivity index (χ0v) is 21.2. The van der Waals surface area contributed by atoms with Crippen molar-refractivity contribution in [3.8, 4) is 5.75 Å². The van der Waals surface area contributed by atoms with Gasteiger partial charge in [0.25, 0.3) is 0 Å². The first-order valence-electron chi connectivity index (χ1n) is 10.4. The molecule has 3 aromatic carbocycles. The van der Waals surface area contributed by atoms with Crippen LogP contribution in [0.4, 0.5) is 0 Å². The number of ether oxygens (including phenoxy) is 1. The van der Waals surface area contributed by atoms with Crippen LogP contribution in [0.1, 0.15) is 29.7 Å². The molecule has 174 valence electrons. The third-order valence-corrected chi connectivity index (χ3v) is 7.53. The summed E-state index contributed by atoms with van der Waals surface area (Å²) < 4.78 is 34.4. The van der Waals surface area contributed by atoms with Gasteiger partial charge in [-0.1, -0.05) is 58.4 Å². The zero-order valence-electron chi connectivity index (χ0n) is 18.8.